The predicted octanol–water partition coefficient (Wildman–Crippen LogP) is 3.92. The number of nitrogens with zero attached hydrogens (tertiary/aromatic N) is 1. The topological polar surface area (TPSA) is 41.6 Å². The summed E-state index contributed by atoms with van der Waals surface area (Å²) < 4.78 is 6.42. The van der Waals surface area contributed by atoms with Crippen molar-refractivity contribution in [3.63, 3.8) is 0 Å². The molecule has 1 fully saturated rings. The number of fused-ring (bicyclic) bond motifs is 1. The molecule has 0 bridgehead atoms. The third kappa shape index (κ3) is 3.66. The number of nitrogens with one attached hydrogen (secondary N) is 1. The first-order chi connectivity index (χ1) is 12.7. The Morgan fingerprint density at radius 3 is 2.81 bits per heavy atom. The molecule has 1 aliphatic heterocycles. The molecule has 1 aromatic rings. The smallest absolute Gasteiger partial charge is 0.255 e. The second-order valence-corrected chi connectivity index (χ2v) is 8.22. The summed E-state index contributed by atoms with van der Waals surface area (Å²) in [4.78, 5) is 14.9. The molecule has 4 nitrogen and oxygen atoms in total. The number of likely N-dealkylation sites (N-methyl/N-ethyl adjacent to an activating group) is 1. The first kappa shape index (κ1) is 17.6. The molecule has 2 aliphatic carbocycles. The van der Waals surface area contributed by atoms with Gasteiger partial charge in [0.15, 0.2) is 0 Å². The third-order valence-electron chi connectivity index (χ3n) is 6.36. The molecule has 3 aliphatic rings. The molecule has 0 unspecified atom stereocenters. The standard InChI is InChI=1S/C22H30N2O2/c1-24(15-17-7-3-2-4-8-17)18-11-13-22(14-12-18)16-23-21(25)19-9-5-6-10-20(19)26-22/h5-7,9-10,18H,2-4,8,11-16H2,1H3,(H,23,25). The summed E-state index contributed by atoms with van der Waals surface area (Å²) in [6, 6.07) is 8.23. The zero-order chi connectivity index (χ0) is 18.0. The van der Waals surface area contributed by atoms with Crippen LogP contribution in [0.3, 0.4) is 0 Å². The van der Waals surface area contributed by atoms with E-state index >= 15 is 0 Å². The fourth-order valence-electron chi connectivity index (χ4n) is 4.70. The summed E-state index contributed by atoms with van der Waals surface area (Å²) in [6.45, 7) is 1.72. The minimum absolute atomic E-state index is 0.0130. The monoisotopic (exact) mass is 354 g/mol. The van der Waals surface area contributed by atoms with E-state index in [4.69, 9.17) is 4.74 Å². The molecule has 1 spiro atoms. The lowest BCUT2D eigenvalue weighted by atomic mass is 9.81. The molecule has 0 radical (unpaired) electrons. The fraction of sp³-hybridized carbons (Fsp3) is 0.591. The first-order valence-corrected chi connectivity index (χ1v) is 10.1. The van der Waals surface area contributed by atoms with E-state index in [1.165, 1.54) is 25.7 Å². The average molecular weight is 354 g/mol. The lowest BCUT2D eigenvalue weighted by molar-refractivity contribution is 0.0112. The van der Waals surface area contributed by atoms with Crippen molar-refractivity contribution < 1.29 is 9.53 Å². The van der Waals surface area contributed by atoms with E-state index in [1.54, 1.807) is 5.57 Å². The summed E-state index contributed by atoms with van der Waals surface area (Å²) in [5, 5.41) is 3.08. The number of carbonyl (C=O) groups is 1. The van der Waals surface area contributed by atoms with E-state index < -0.39 is 0 Å². The van der Waals surface area contributed by atoms with Gasteiger partial charge in [0.05, 0.1) is 12.1 Å². The van der Waals surface area contributed by atoms with Crippen LogP contribution in [0.15, 0.2) is 35.9 Å². The lowest BCUT2D eigenvalue weighted by Gasteiger charge is -2.42. The highest BCUT2D eigenvalue weighted by Crippen LogP contribution is 2.37. The van der Waals surface area contributed by atoms with Gasteiger partial charge in [0.25, 0.3) is 5.91 Å². The minimum atomic E-state index is -0.246. The molecule has 26 heavy (non-hydrogen) atoms. The summed E-state index contributed by atoms with van der Waals surface area (Å²) in [7, 11) is 2.27. The Hall–Kier alpha value is -1.81. The van der Waals surface area contributed by atoms with Crippen LogP contribution in [0.4, 0.5) is 0 Å². The molecule has 0 atom stereocenters. The van der Waals surface area contributed by atoms with Crippen molar-refractivity contribution in [2.75, 3.05) is 20.1 Å². The van der Waals surface area contributed by atoms with Crippen molar-refractivity contribution in [2.24, 2.45) is 0 Å². The number of allylic oxidation sites excluding steroid dienone is 1. The summed E-state index contributed by atoms with van der Waals surface area (Å²) >= 11 is 0. The van der Waals surface area contributed by atoms with Gasteiger partial charge in [-0.05, 0) is 70.5 Å². The van der Waals surface area contributed by atoms with Crippen molar-refractivity contribution in [3.8, 4) is 5.75 Å². The van der Waals surface area contributed by atoms with Gasteiger partial charge >= 0.3 is 0 Å². The largest absolute Gasteiger partial charge is 0.485 e. The van der Waals surface area contributed by atoms with E-state index in [9.17, 15) is 4.79 Å². The third-order valence-corrected chi connectivity index (χ3v) is 6.36. The second kappa shape index (κ2) is 7.43. The van der Waals surface area contributed by atoms with E-state index in [2.05, 4.69) is 23.3 Å². The van der Waals surface area contributed by atoms with Crippen LogP contribution in [0, 0.1) is 0 Å². The van der Waals surface area contributed by atoms with E-state index in [0.29, 0.717) is 18.2 Å². The lowest BCUT2D eigenvalue weighted by Crippen LogP contribution is -2.51. The van der Waals surface area contributed by atoms with Crippen LogP contribution in [-0.4, -0.2) is 42.6 Å². The average Bonchev–Trinajstić information content (AvgIpc) is 2.80. The van der Waals surface area contributed by atoms with Crippen molar-refractivity contribution >= 4 is 5.91 Å². The predicted molar refractivity (Wildman–Crippen MR) is 104 cm³/mol. The molecule has 1 N–H and O–H groups in total. The minimum Gasteiger partial charge on any atom is -0.485 e. The van der Waals surface area contributed by atoms with Crippen molar-refractivity contribution in [2.45, 2.75) is 63.0 Å². The molecule has 4 heteroatoms. The number of para-hydroxylation sites is 1. The van der Waals surface area contributed by atoms with E-state index in [0.717, 1.165) is 38.0 Å². The highest BCUT2D eigenvalue weighted by molar-refractivity contribution is 5.97. The van der Waals surface area contributed by atoms with Crippen LogP contribution < -0.4 is 10.1 Å². The van der Waals surface area contributed by atoms with Crippen LogP contribution in [0.2, 0.25) is 0 Å². The van der Waals surface area contributed by atoms with E-state index in [1.807, 2.05) is 24.3 Å². The zero-order valence-corrected chi connectivity index (χ0v) is 15.8. The van der Waals surface area contributed by atoms with Crippen LogP contribution in [0.5, 0.6) is 5.75 Å². The van der Waals surface area contributed by atoms with Gasteiger partial charge in [0, 0.05) is 12.6 Å². The molecule has 0 saturated heterocycles. The highest BCUT2D eigenvalue weighted by atomic mass is 16.5. The maximum atomic E-state index is 12.3. The zero-order valence-electron chi connectivity index (χ0n) is 15.8. The van der Waals surface area contributed by atoms with Crippen molar-refractivity contribution in [1.82, 2.24) is 10.2 Å². The summed E-state index contributed by atoms with van der Waals surface area (Å²) in [5.74, 6) is 0.725. The number of carbonyl (C=O) groups excluding carboxylic acids is 1. The van der Waals surface area contributed by atoms with Gasteiger partial charge in [-0.25, -0.2) is 0 Å². The Labute approximate surface area is 156 Å². The van der Waals surface area contributed by atoms with Crippen molar-refractivity contribution in [3.05, 3.63) is 41.5 Å². The summed E-state index contributed by atoms with van der Waals surface area (Å²) in [6.07, 6.45) is 11.9. The molecular weight excluding hydrogens is 324 g/mol. The van der Waals surface area contributed by atoms with E-state index in [-0.39, 0.29) is 11.5 Å². The number of hydrogen-bond donors (Lipinski definition) is 1. The number of hydrogen-bond acceptors (Lipinski definition) is 3. The quantitative estimate of drug-likeness (QED) is 0.837. The van der Waals surface area contributed by atoms with Gasteiger partial charge < -0.3 is 10.1 Å². The van der Waals surface area contributed by atoms with Gasteiger partial charge in [-0.1, -0.05) is 23.8 Å². The van der Waals surface area contributed by atoms with Crippen LogP contribution in [-0.2, 0) is 0 Å². The second-order valence-electron chi connectivity index (χ2n) is 8.22. The van der Waals surface area contributed by atoms with Gasteiger partial charge in [-0.15, -0.1) is 0 Å². The molecule has 1 heterocycles. The van der Waals surface area contributed by atoms with Gasteiger partial charge in [-0.3, -0.25) is 9.69 Å². The number of amides is 1. The molecule has 1 saturated carbocycles. The highest BCUT2D eigenvalue weighted by Gasteiger charge is 2.41. The number of rotatable bonds is 3. The Balaban J connectivity index is 1.40. The fourth-order valence-corrected chi connectivity index (χ4v) is 4.70. The van der Waals surface area contributed by atoms with Gasteiger partial charge in [0.2, 0.25) is 0 Å². The number of ether oxygens (including phenoxy) is 1. The van der Waals surface area contributed by atoms with Gasteiger partial charge in [-0.2, -0.15) is 0 Å². The van der Waals surface area contributed by atoms with Crippen LogP contribution in [0.25, 0.3) is 0 Å². The van der Waals surface area contributed by atoms with Gasteiger partial charge in [0.1, 0.15) is 11.4 Å². The molecule has 4 rings (SSSR count). The molecule has 0 aromatic heterocycles. The SMILES string of the molecule is CN(CC1=CCCCC1)C1CCC2(CC1)CNC(=O)c1ccccc1O2. The maximum absolute atomic E-state index is 12.3. The van der Waals surface area contributed by atoms with Crippen LogP contribution in [0.1, 0.15) is 61.7 Å². The number of benzene rings is 1. The first-order valence-electron chi connectivity index (χ1n) is 10.1. The molecule has 1 aromatic carbocycles. The summed E-state index contributed by atoms with van der Waals surface area (Å²) in [5.41, 5.74) is 2.03. The Morgan fingerprint density at radius 1 is 1.23 bits per heavy atom. The Morgan fingerprint density at radius 2 is 2.04 bits per heavy atom. The Bertz CT molecular complexity index is 689. The van der Waals surface area contributed by atoms with Crippen molar-refractivity contribution in [1.29, 1.82) is 0 Å². The normalized spacial score (nSPS) is 28.8. The van der Waals surface area contributed by atoms with Crippen LogP contribution >= 0.6 is 0 Å². The molecule has 1 amide bonds. The Kier molecular flexibility index (Phi) is 5.03. The molecular formula is C22H30N2O2. The maximum Gasteiger partial charge on any atom is 0.255 e. The molecule has 140 valence electrons.